The summed E-state index contributed by atoms with van der Waals surface area (Å²) >= 11 is 0. The Labute approximate surface area is 149 Å². The molecule has 1 aliphatic rings. The number of carbonyl (C=O) groups excluding carboxylic acids is 1. The van der Waals surface area contributed by atoms with Gasteiger partial charge in [-0.1, -0.05) is 18.2 Å². The zero-order valence-electron chi connectivity index (χ0n) is 13.1. The van der Waals surface area contributed by atoms with E-state index in [0.717, 1.165) is 42.3 Å². The Morgan fingerprint density at radius 1 is 1.13 bits per heavy atom. The molecular weight excluding hydrogens is 333 g/mol. The summed E-state index contributed by atoms with van der Waals surface area (Å²) < 4.78 is 0. The van der Waals surface area contributed by atoms with Gasteiger partial charge in [-0.25, -0.2) is 0 Å². The average molecular weight is 356 g/mol. The molecule has 1 heterocycles. The Morgan fingerprint density at radius 2 is 1.83 bits per heavy atom. The van der Waals surface area contributed by atoms with Crippen LogP contribution in [0, 0.1) is 6.92 Å². The lowest BCUT2D eigenvalue weighted by Crippen LogP contribution is -2.40. The van der Waals surface area contributed by atoms with Crippen molar-refractivity contribution < 1.29 is 4.79 Å². The summed E-state index contributed by atoms with van der Waals surface area (Å²) in [5, 5.41) is 4.13. The molecule has 1 fully saturated rings. The molecule has 0 atom stereocenters. The fraction of sp³-hybridized carbons (Fsp3) is 0.412. The van der Waals surface area contributed by atoms with Crippen LogP contribution in [0.3, 0.4) is 0 Å². The van der Waals surface area contributed by atoms with E-state index in [1.165, 1.54) is 0 Å². The molecule has 4 nitrogen and oxygen atoms in total. The van der Waals surface area contributed by atoms with Crippen LogP contribution in [0.25, 0.3) is 10.9 Å². The number of nitrogens with zero attached hydrogens (tertiary/aromatic N) is 1. The van der Waals surface area contributed by atoms with Gasteiger partial charge in [-0.05, 0) is 44.7 Å². The van der Waals surface area contributed by atoms with E-state index in [2.05, 4.69) is 10.3 Å². The standard InChI is InChI=1S/C17H21N3O.2ClH/c1-11-5-6-12-3-2-4-15(16(12)19-11)17(21)20-14-9-7-13(18)8-10-14;;/h2-6,13-14H,7-10,18H2,1H3,(H,20,21);2*1H. The molecule has 1 aromatic heterocycles. The Kier molecular flexibility index (Phi) is 7.26. The fourth-order valence-corrected chi connectivity index (χ4v) is 2.95. The van der Waals surface area contributed by atoms with Crippen LogP contribution in [-0.4, -0.2) is 23.0 Å². The van der Waals surface area contributed by atoms with E-state index in [1.807, 2.05) is 37.3 Å². The number of halogens is 2. The Bertz CT molecular complexity index is 670. The maximum absolute atomic E-state index is 12.5. The molecule has 0 saturated heterocycles. The van der Waals surface area contributed by atoms with E-state index in [9.17, 15) is 4.79 Å². The van der Waals surface area contributed by atoms with E-state index < -0.39 is 0 Å². The van der Waals surface area contributed by atoms with Gasteiger partial charge in [0.1, 0.15) is 0 Å². The number of benzene rings is 1. The molecule has 0 spiro atoms. The van der Waals surface area contributed by atoms with Crippen molar-refractivity contribution in [2.75, 3.05) is 0 Å². The zero-order chi connectivity index (χ0) is 14.8. The van der Waals surface area contributed by atoms with Gasteiger partial charge in [0.05, 0.1) is 11.1 Å². The van der Waals surface area contributed by atoms with Crippen molar-refractivity contribution in [3.05, 3.63) is 41.6 Å². The zero-order valence-corrected chi connectivity index (χ0v) is 14.8. The van der Waals surface area contributed by atoms with Gasteiger partial charge in [0.2, 0.25) is 0 Å². The topological polar surface area (TPSA) is 68.0 Å². The lowest BCUT2D eigenvalue weighted by Gasteiger charge is -2.26. The molecule has 2 aromatic rings. The second kappa shape index (κ2) is 8.48. The lowest BCUT2D eigenvalue weighted by molar-refractivity contribution is 0.0927. The SMILES string of the molecule is Cc1ccc2cccc(C(=O)NC3CCC(N)CC3)c2n1.Cl.Cl. The summed E-state index contributed by atoms with van der Waals surface area (Å²) in [6, 6.07) is 10.2. The third-order valence-electron chi connectivity index (χ3n) is 4.21. The van der Waals surface area contributed by atoms with Crippen molar-refractivity contribution in [2.45, 2.75) is 44.7 Å². The summed E-state index contributed by atoms with van der Waals surface area (Å²) in [6.45, 7) is 1.94. The first-order valence-electron chi connectivity index (χ1n) is 7.56. The van der Waals surface area contributed by atoms with Crippen LogP contribution in [0.1, 0.15) is 41.7 Å². The first-order valence-corrected chi connectivity index (χ1v) is 7.56. The van der Waals surface area contributed by atoms with Crippen LogP contribution in [-0.2, 0) is 0 Å². The average Bonchev–Trinajstić information content (AvgIpc) is 2.49. The molecule has 126 valence electrons. The number of nitrogens with one attached hydrogen (secondary N) is 1. The number of para-hydroxylation sites is 1. The van der Waals surface area contributed by atoms with Gasteiger partial charge in [-0.3, -0.25) is 9.78 Å². The van der Waals surface area contributed by atoms with E-state index in [1.54, 1.807) is 0 Å². The third kappa shape index (κ3) is 4.56. The molecule has 0 radical (unpaired) electrons. The number of hydrogen-bond acceptors (Lipinski definition) is 3. The summed E-state index contributed by atoms with van der Waals surface area (Å²) in [5.74, 6) is -0.0285. The molecule has 0 bridgehead atoms. The molecule has 1 aliphatic carbocycles. The van der Waals surface area contributed by atoms with Gasteiger partial charge < -0.3 is 11.1 Å². The minimum absolute atomic E-state index is 0. The van der Waals surface area contributed by atoms with Crippen molar-refractivity contribution in [2.24, 2.45) is 5.73 Å². The fourth-order valence-electron chi connectivity index (χ4n) is 2.95. The van der Waals surface area contributed by atoms with Gasteiger partial charge >= 0.3 is 0 Å². The number of fused-ring (bicyclic) bond motifs is 1. The molecule has 23 heavy (non-hydrogen) atoms. The maximum atomic E-state index is 12.5. The number of carbonyl (C=O) groups is 1. The predicted octanol–water partition coefficient (Wildman–Crippen LogP) is 3.39. The number of aryl methyl sites for hydroxylation is 1. The number of pyridine rings is 1. The third-order valence-corrected chi connectivity index (χ3v) is 4.21. The first kappa shape index (κ1) is 19.7. The number of amides is 1. The molecule has 1 saturated carbocycles. The Morgan fingerprint density at radius 3 is 2.52 bits per heavy atom. The summed E-state index contributed by atoms with van der Waals surface area (Å²) in [7, 11) is 0. The second-order valence-corrected chi connectivity index (χ2v) is 5.92. The van der Waals surface area contributed by atoms with E-state index in [4.69, 9.17) is 5.73 Å². The lowest BCUT2D eigenvalue weighted by atomic mass is 9.91. The number of nitrogens with two attached hydrogens (primary N) is 1. The van der Waals surface area contributed by atoms with E-state index in [0.29, 0.717) is 11.6 Å². The highest BCUT2D eigenvalue weighted by molar-refractivity contribution is 6.05. The summed E-state index contributed by atoms with van der Waals surface area (Å²) in [6.07, 6.45) is 3.89. The molecular formula is C17H23Cl2N3O. The van der Waals surface area contributed by atoms with Crippen LogP contribution < -0.4 is 11.1 Å². The van der Waals surface area contributed by atoms with Crippen LogP contribution in [0.4, 0.5) is 0 Å². The molecule has 3 N–H and O–H groups in total. The predicted molar refractivity (Wildman–Crippen MR) is 98.7 cm³/mol. The monoisotopic (exact) mass is 355 g/mol. The molecule has 6 heteroatoms. The minimum atomic E-state index is -0.0285. The van der Waals surface area contributed by atoms with Gasteiger partial charge in [-0.15, -0.1) is 24.8 Å². The number of aromatic nitrogens is 1. The highest BCUT2D eigenvalue weighted by atomic mass is 35.5. The molecule has 0 aliphatic heterocycles. The first-order chi connectivity index (χ1) is 10.1. The van der Waals surface area contributed by atoms with Crippen molar-refractivity contribution >= 4 is 41.6 Å². The molecule has 1 amide bonds. The van der Waals surface area contributed by atoms with Crippen molar-refractivity contribution in [3.8, 4) is 0 Å². The van der Waals surface area contributed by atoms with Gasteiger partial charge in [0.15, 0.2) is 0 Å². The van der Waals surface area contributed by atoms with E-state index >= 15 is 0 Å². The van der Waals surface area contributed by atoms with Crippen LogP contribution in [0.5, 0.6) is 0 Å². The van der Waals surface area contributed by atoms with Crippen molar-refractivity contribution in [3.63, 3.8) is 0 Å². The summed E-state index contributed by atoms with van der Waals surface area (Å²) in [4.78, 5) is 17.1. The van der Waals surface area contributed by atoms with Crippen LogP contribution in [0.2, 0.25) is 0 Å². The van der Waals surface area contributed by atoms with E-state index in [-0.39, 0.29) is 36.8 Å². The highest BCUT2D eigenvalue weighted by Crippen LogP contribution is 2.20. The van der Waals surface area contributed by atoms with Gasteiger partial charge in [0.25, 0.3) is 5.91 Å². The van der Waals surface area contributed by atoms with Gasteiger partial charge in [-0.2, -0.15) is 0 Å². The quantitative estimate of drug-likeness (QED) is 0.867. The molecule has 3 rings (SSSR count). The van der Waals surface area contributed by atoms with Crippen LogP contribution in [0.15, 0.2) is 30.3 Å². The maximum Gasteiger partial charge on any atom is 0.253 e. The largest absolute Gasteiger partial charge is 0.349 e. The number of hydrogen-bond donors (Lipinski definition) is 2. The number of rotatable bonds is 2. The smallest absolute Gasteiger partial charge is 0.253 e. The Balaban J connectivity index is 0.00000132. The van der Waals surface area contributed by atoms with Crippen molar-refractivity contribution in [1.29, 1.82) is 0 Å². The van der Waals surface area contributed by atoms with Crippen LogP contribution >= 0.6 is 24.8 Å². The normalized spacial score (nSPS) is 20.3. The Hall–Kier alpha value is -1.36. The van der Waals surface area contributed by atoms with Crippen molar-refractivity contribution in [1.82, 2.24) is 10.3 Å². The van der Waals surface area contributed by atoms with Gasteiger partial charge in [0, 0.05) is 23.2 Å². The molecule has 0 unspecified atom stereocenters. The summed E-state index contributed by atoms with van der Waals surface area (Å²) in [5.41, 5.74) is 8.27. The minimum Gasteiger partial charge on any atom is -0.349 e. The second-order valence-electron chi connectivity index (χ2n) is 5.92. The highest BCUT2D eigenvalue weighted by Gasteiger charge is 2.21. The molecule has 1 aromatic carbocycles.